The Kier molecular flexibility index (Phi) is 5.69. The van der Waals surface area contributed by atoms with Crippen LogP contribution in [0.4, 0.5) is 14.9 Å². The molecule has 29 heavy (non-hydrogen) atoms. The van der Waals surface area contributed by atoms with E-state index in [0.29, 0.717) is 38.3 Å². The zero-order valence-electron chi connectivity index (χ0n) is 15.5. The number of nitrogens with one attached hydrogen (secondary N) is 1. The standard InChI is InChI=1S/C21H19ClFN3O2S/c22-17-12-15(5-6-18(17)23)24-21(28)26-9-7-25(8-10-26)20(27)11-14-13-29-19-4-2-1-3-16(14)19/h1-6,12-13H,7-11H2,(H,24,28). The van der Waals surface area contributed by atoms with Crippen LogP contribution in [0.1, 0.15) is 5.56 Å². The normalized spacial score (nSPS) is 14.3. The predicted molar refractivity (Wildman–Crippen MR) is 114 cm³/mol. The molecule has 0 atom stereocenters. The number of hydrogen-bond donors (Lipinski definition) is 1. The summed E-state index contributed by atoms with van der Waals surface area (Å²) in [7, 11) is 0. The number of anilines is 1. The number of amides is 3. The van der Waals surface area contributed by atoms with Gasteiger partial charge in [-0.1, -0.05) is 29.8 Å². The Morgan fingerprint density at radius 3 is 2.55 bits per heavy atom. The fourth-order valence-electron chi connectivity index (χ4n) is 3.38. The van der Waals surface area contributed by atoms with E-state index in [0.717, 1.165) is 10.9 Å². The number of nitrogens with zero attached hydrogens (tertiary/aromatic N) is 2. The molecule has 0 spiro atoms. The molecule has 1 saturated heterocycles. The Morgan fingerprint density at radius 2 is 1.79 bits per heavy atom. The third-order valence-electron chi connectivity index (χ3n) is 4.99. The van der Waals surface area contributed by atoms with Crippen LogP contribution in [0.2, 0.25) is 5.02 Å². The number of benzene rings is 2. The topological polar surface area (TPSA) is 52.7 Å². The first kappa shape index (κ1) is 19.7. The van der Waals surface area contributed by atoms with Gasteiger partial charge >= 0.3 is 6.03 Å². The summed E-state index contributed by atoms with van der Waals surface area (Å²) in [4.78, 5) is 28.6. The van der Waals surface area contributed by atoms with Gasteiger partial charge in [-0.25, -0.2) is 9.18 Å². The molecule has 0 aliphatic carbocycles. The van der Waals surface area contributed by atoms with Gasteiger partial charge in [-0.3, -0.25) is 4.79 Å². The Balaban J connectivity index is 1.32. The van der Waals surface area contributed by atoms with Crippen molar-refractivity contribution in [3.8, 4) is 0 Å². The fourth-order valence-corrected chi connectivity index (χ4v) is 4.52. The highest BCUT2D eigenvalue weighted by atomic mass is 35.5. The van der Waals surface area contributed by atoms with E-state index in [4.69, 9.17) is 11.6 Å². The Morgan fingerprint density at radius 1 is 1.07 bits per heavy atom. The summed E-state index contributed by atoms with van der Waals surface area (Å²) in [6.07, 6.45) is 0.365. The Labute approximate surface area is 176 Å². The number of carbonyl (C=O) groups excluding carboxylic acids is 2. The minimum Gasteiger partial charge on any atom is -0.339 e. The van der Waals surface area contributed by atoms with Crippen LogP contribution in [0.15, 0.2) is 47.8 Å². The molecular formula is C21H19ClFN3O2S. The van der Waals surface area contributed by atoms with E-state index in [1.807, 2.05) is 23.6 Å². The van der Waals surface area contributed by atoms with Gasteiger partial charge in [0.25, 0.3) is 0 Å². The van der Waals surface area contributed by atoms with Crippen LogP contribution in [-0.4, -0.2) is 47.9 Å². The molecule has 2 aromatic carbocycles. The second kappa shape index (κ2) is 8.39. The quantitative estimate of drug-likeness (QED) is 0.658. The minimum atomic E-state index is -0.532. The average molecular weight is 432 g/mol. The molecule has 0 unspecified atom stereocenters. The molecule has 1 aliphatic rings. The molecule has 3 aromatic rings. The van der Waals surface area contributed by atoms with Crippen LogP contribution in [0.3, 0.4) is 0 Å². The van der Waals surface area contributed by atoms with E-state index in [1.54, 1.807) is 21.1 Å². The summed E-state index contributed by atoms with van der Waals surface area (Å²) in [5.41, 5.74) is 1.48. The molecule has 2 heterocycles. The van der Waals surface area contributed by atoms with E-state index in [9.17, 15) is 14.0 Å². The highest BCUT2D eigenvalue weighted by Gasteiger charge is 2.24. The van der Waals surface area contributed by atoms with Crippen molar-refractivity contribution in [2.24, 2.45) is 0 Å². The van der Waals surface area contributed by atoms with Crippen molar-refractivity contribution >= 4 is 50.6 Å². The van der Waals surface area contributed by atoms with Crippen LogP contribution >= 0.6 is 22.9 Å². The fraction of sp³-hybridized carbons (Fsp3) is 0.238. The molecular weight excluding hydrogens is 413 g/mol. The molecule has 4 rings (SSSR count). The van der Waals surface area contributed by atoms with Crippen molar-refractivity contribution in [2.45, 2.75) is 6.42 Å². The number of urea groups is 1. The van der Waals surface area contributed by atoms with Gasteiger partial charge in [0.15, 0.2) is 0 Å². The summed E-state index contributed by atoms with van der Waals surface area (Å²) in [5, 5.41) is 5.84. The lowest BCUT2D eigenvalue weighted by atomic mass is 10.1. The van der Waals surface area contributed by atoms with Crippen molar-refractivity contribution < 1.29 is 14.0 Å². The first-order valence-electron chi connectivity index (χ1n) is 9.25. The lowest BCUT2D eigenvalue weighted by molar-refractivity contribution is -0.131. The van der Waals surface area contributed by atoms with Crippen molar-refractivity contribution in [2.75, 3.05) is 31.5 Å². The van der Waals surface area contributed by atoms with E-state index in [1.165, 1.54) is 22.9 Å². The number of halogens is 2. The van der Waals surface area contributed by atoms with Crippen molar-refractivity contribution in [3.05, 3.63) is 64.2 Å². The second-order valence-electron chi connectivity index (χ2n) is 6.86. The molecule has 1 aromatic heterocycles. The van der Waals surface area contributed by atoms with E-state index < -0.39 is 5.82 Å². The maximum absolute atomic E-state index is 13.2. The van der Waals surface area contributed by atoms with Gasteiger partial charge in [-0.2, -0.15) is 0 Å². The highest BCUT2D eigenvalue weighted by molar-refractivity contribution is 7.17. The summed E-state index contributed by atoms with van der Waals surface area (Å²) in [5.74, 6) is -0.464. The smallest absolute Gasteiger partial charge is 0.321 e. The number of piperazine rings is 1. The summed E-state index contributed by atoms with van der Waals surface area (Å²) < 4.78 is 14.4. The second-order valence-corrected chi connectivity index (χ2v) is 8.18. The number of thiophene rings is 1. The molecule has 0 radical (unpaired) electrons. The van der Waals surface area contributed by atoms with Crippen LogP contribution in [-0.2, 0) is 11.2 Å². The Hall–Kier alpha value is -2.64. The van der Waals surface area contributed by atoms with Crippen LogP contribution in [0.5, 0.6) is 0 Å². The number of fused-ring (bicyclic) bond motifs is 1. The van der Waals surface area contributed by atoms with Gasteiger partial charge in [-0.05, 0) is 40.6 Å². The largest absolute Gasteiger partial charge is 0.339 e. The summed E-state index contributed by atoms with van der Waals surface area (Å²) >= 11 is 7.39. The molecule has 150 valence electrons. The maximum Gasteiger partial charge on any atom is 0.321 e. The van der Waals surface area contributed by atoms with Gasteiger partial charge in [-0.15, -0.1) is 11.3 Å². The summed E-state index contributed by atoms with van der Waals surface area (Å²) in [6.45, 7) is 1.85. The molecule has 1 fully saturated rings. The average Bonchev–Trinajstić information content (AvgIpc) is 3.14. The van der Waals surface area contributed by atoms with Gasteiger partial charge in [0.1, 0.15) is 5.82 Å². The van der Waals surface area contributed by atoms with E-state index >= 15 is 0 Å². The lowest BCUT2D eigenvalue weighted by Crippen LogP contribution is -2.52. The van der Waals surface area contributed by atoms with Crippen LogP contribution in [0.25, 0.3) is 10.1 Å². The zero-order chi connectivity index (χ0) is 20.4. The Bertz CT molecular complexity index is 1060. The molecule has 5 nitrogen and oxygen atoms in total. The SMILES string of the molecule is O=C(Cc1csc2ccccc12)N1CCN(C(=O)Nc2ccc(F)c(Cl)c2)CC1. The third kappa shape index (κ3) is 4.36. The van der Waals surface area contributed by atoms with E-state index in [-0.39, 0.29) is 17.0 Å². The van der Waals surface area contributed by atoms with Crippen molar-refractivity contribution in [1.29, 1.82) is 0 Å². The molecule has 0 bridgehead atoms. The number of rotatable bonds is 3. The third-order valence-corrected chi connectivity index (χ3v) is 6.30. The molecule has 3 amide bonds. The maximum atomic E-state index is 13.2. The van der Waals surface area contributed by atoms with Crippen molar-refractivity contribution in [3.63, 3.8) is 0 Å². The highest BCUT2D eigenvalue weighted by Crippen LogP contribution is 2.26. The van der Waals surface area contributed by atoms with Crippen LogP contribution in [0, 0.1) is 5.82 Å². The zero-order valence-corrected chi connectivity index (χ0v) is 17.1. The van der Waals surface area contributed by atoms with Gasteiger partial charge in [0.2, 0.25) is 5.91 Å². The molecule has 8 heteroatoms. The molecule has 1 N–H and O–H groups in total. The predicted octanol–water partition coefficient (Wildman–Crippen LogP) is 4.61. The minimum absolute atomic E-state index is 0.0424. The lowest BCUT2D eigenvalue weighted by Gasteiger charge is -2.34. The van der Waals surface area contributed by atoms with Crippen LogP contribution < -0.4 is 5.32 Å². The summed E-state index contributed by atoms with van der Waals surface area (Å²) in [6, 6.07) is 11.8. The van der Waals surface area contributed by atoms with Gasteiger partial charge < -0.3 is 15.1 Å². The number of hydrogen-bond acceptors (Lipinski definition) is 3. The first-order valence-corrected chi connectivity index (χ1v) is 10.5. The molecule has 0 saturated carbocycles. The molecule has 1 aliphatic heterocycles. The van der Waals surface area contributed by atoms with Gasteiger partial charge in [0, 0.05) is 36.6 Å². The van der Waals surface area contributed by atoms with E-state index in [2.05, 4.69) is 11.4 Å². The first-order chi connectivity index (χ1) is 14.0. The van der Waals surface area contributed by atoms with Gasteiger partial charge in [0.05, 0.1) is 11.4 Å². The number of carbonyl (C=O) groups is 2. The van der Waals surface area contributed by atoms with Crippen molar-refractivity contribution in [1.82, 2.24) is 9.80 Å². The monoisotopic (exact) mass is 431 g/mol.